The van der Waals surface area contributed by atoms with Gasteiger partial charge in [-0.1, -0.05) is 12.1 Å². The first-order valence-electron chi connectivity index (χ1n) is 6.81. The number of piperidine rings is 1. The van der Waals surface area contributed by atoms with E-state index in [9.17, 15) is 4.79 Å². The predicted molar refractivity (Wildman–Crippen MR) is 75.1 cm³/mol. The predicted octanol–water partition coefficient (Wildman–Crippen LogP) is 1.71. The van der Waals surface area contributed by atoms with Crippen LogP contribution in [0, 0.1) is 0 Å². The summed E-state index contributed by atoms with van der Waals surface area (Å²) >= 11 is 0. The smallest absolute Gasteiger partial charge is 0.260 e. The Hall–Kier alpha value is -1.75. The highest BCUT2D eigenvalue weighted by molar-refractivity contribution is 5.78. The van der Waals surface area contributed by atoms with E-state index in [0.717, 1.165) is 25.9 Å². The number of nitrogens with zero attached hydrogens (tertiary/aromatic N) is 1. The summed E-state index contributed by atoms with van der Waals surface area (Å²) in [6.45, 7) is 1.50. The normalized spacial score (nSPS) is 16.0. The Morgan fingerprint density at radius 2 is 1.85 bits per heavy atom. The van der Waals surface area contributed by atoms with Crippen molar-refractivity contribution in [1.82, 2.24) is 4.90 Å². The lowest BCUT2D eigenvalue weighted by atomic mass is 10.1. The Morgan fingerprint density at radius 3 is 2.45 bits per heavy atom. The van der Waals surface area contributed by atoms with Gasteiger partial charge in [-0.25, -0.2) is 0 Å². The molecule has 0 N–H and O–H groups in total. The second kappa shape index (κ2) is 7.14. The Balaban J connectivity index is 1.83. The van der Waals surface area contributed by atoms with E-state index in [1.807, 2.05) is 23.1 Å². The first-order valence-corrected chi connectivity index (χ1v) is 6.81. The first-order chi connectivity index (χ1) is 9.74. The van der Waals surface area contributed by atoms with Crippen LogP contribution in [-0.2, 0) is 9.53 Å². The quantitative estimate of drug-likeness (QED) is 0.823. The minimum Gasteiger partial charge on any atom is -0.493 e. The molecule has 1 aromatic rings. The zero-order valence-corrected chi connectivity index (χ0v) is 12.0. The van der Waals surface area contributed by atoms with Gasteiger partial charge in [0.1, 0.15) is 0 Å². The van der Waals surface area contributed by atoms with Gasteiger partial charge in [0.05, 0.1) is 13.2 Å². The molecule has 0 spiro atoms. The highest BCUT2D eigenvalue weighted by Crippen LogP contribution is 2.25. The molecule has 1 heterocycles. The Kier molecular flexibility index (Phi) is 5.24. The molecule has 5 heteroatoms. The molecule has 0 atom stereocenters. The summed E-state index contributed by atoms with van der Waals surface area (Å²) in [6, 6.07) is 7.32. The minimum atomic E-state index is 0.00505. The Labute approximate surface area is 119 Å². The maximum Gasteiger partial charge on any atom is 0.260 e. The Morgan fingerprint density at radius 1 is 1.20 bits per heavy atom. The van der Waals surface area contributed by atoms with Gasteiger partial charge < -0.3 is 19.1 Å². The molecule has 0 saturated carbocycles. The molecule has 1 saturated heterocycles. The summed E-state index contributed by atoms with van der Waals surface area (Å²) in [7, 11) is 3.30. The molecule has 0 unspecified atom stereocenters. The molecule has 2 rings (SSSR count). The summed E-state index contributed by atoms with van der Waals surface area (Å²) < 4.78 is 16.0. The van der Waals surface area contributed by atoms with Gasteiger partial charge in [-0.3, -0.25) is 4.79 Å². The average molecular weight is 279 g/mol. The third-order valence-corrected chi connectivity index (χ3v) is 3.55. The monoisotopic (exact) mass is 279 g/mol. The molecule has 1 fully saturated rings. The van der Waals surface area contributed by atoms with Crippen molar-refractivity contribution < 1.29 is 19.0 Å². The maximum absolute atomic E-state index is 12.1. The number of likely N-dealkylation sites (tertiary alicyclic amines) is 1. The van der Waals surface area contributed by atoms with Crippen LogP contribution < -0.4 is 9.47 Å². The number of hydrogen-bond donors (Lipinski definition) is 0. The van der Waals surface area contributed by atoms with Crippen molar-refractivity contribution in [3.8, 4) is 11.5 Å². The van der Waals surface area contributed by atoms with E-state index in [4.69, 9.17) is 14.2 Å². The van der Waals surface area contributed by atoms with Gasteiger partial charge in [-0.2, -0.15) is 0 Å². The number of amides is 1. The third-order valence-electron chi connectivity index (χ3n) is 3.55. The molecular formula is C15H21NO4. The van der Waals surface area contributed by atoms with Gasteiger partial charge in [0.2, 0.25) is 0 Å². The lowest BCUT2D eigenvalue weighted by molar-refractivity contribution is -0.135. The molecule has 1 aromatic carbocycles. The fourth-order valence-electron chi connectivity index (χ4n) is 2.31. The molecule has 0 radical (unpaired) electrons. The second-order valence-electron chi connectivity index (χ2n) is 4.76. The number of carbonyl (C=O) groups excluding carboxylic acids is 1. The molecular weight excluding hydrogens is 258 g/mol. The molecule has 1 aliphatic heterocycles. The van der Waals surface area contributed by atoms with Crippen LogP contribution in [0.25, 0.3) is 0 Å². The number of ether oxygens (including phenoxy) is 3. The van der Waals surface area contributed by atoms with Crippen molar-refractivity contribution in [3.05, 3.63) is 24.3 Å². The fourth-order valence-corrected chi connectivity index (χ4v) is 2.31. The summed E-state index contributed by atoms with van der Waals surface area (Å²) in [5, 5.41) is 0. The number of rotatable bonds is 5. The van der Waals surface area contributed by atoms with E-state index in [2.05, 4.69) is 0 Å². The summed E-state index contributed by atoms with van der Waals surface area (Å²) in [4.78, 5) is 13.9. The van der Waals surface area contributed by atoms with Gasteiger partial charge in [0.15, 0.2) is 18.1 Å². The highest BCUT2D eigenvalue weighted by Gasteiger charge is 2.22. The van der Waals surface area contributed by atoms with E-state index in [0.29, 0.717) is 11.5 Å². The molecule has 0 aliphatic carbocycles. The SMILES string of the molecule is COc1ccccc1OCC(=O)N1CCC(OC)CC1. The number of hydrogen-bond acceptors (Lipinski definition) is 4. The molecule has 1 aliphatic rings. The second-order valence-corrected chi connectivity index (χ2v) is 4.76. The van der Waals surface area contributed by atoms with Gasteiger partial charge >= 0.3 is 0 Å². The number of para-hydroxylation sites is 2. The van der Waals surface area contributed by atoms with Gasteiger partial charge in [-0.15, -0.1) is 0 Å². The van der Waals surface area contributed by atoms with Crippen molar-refractivity contribution in [3.63, 3.8) is 0 Å². The largest absolute Gasteiger partial charge is 0.493 e. The van der Waals surface area contributed by atoms with Crippen molar-refractivity contribution in [2.24, 2.45) is 0 Å². The van der Waals surface area contributed by atoms with Gasteiger partial charge in [-0.05, 0) is 25.0 Å². The van der Waals surface area contributed by atoms with Crippen molar-refractivity contribution >= 4 is 5.91 Å². The summed E-state index contributed by atoms with van der Waals surface area (Å²) in [6.07, 6.45) is 2.04. The topological polar surface area (TPSA) is 48.0 Å². The van der Waals surface area contributed by atoms with E-state index >= 15 is 0 Å². The van der Waals surface area contributed by atoms with Crippen molar-refractivity contribution in [2.75, 3.05) is 33.9 Å². The zero-order valence-electron chi connectivity index (χ0n) is 12.0. The molecule has 1 amide bonds. The van der Waals surface area contributed by atoms with Crippen molar-refractivity contribution in [1.29, 1.82) is 0 Å². The zero-order chi connectivity index (χ0) is 14.4. The lowest BCUT2D eigenvalue weighted by Crippen LogP contribution is -2.42. The van der Waals surface area contributed by atoms with Crippen LogP contribution in [0.1, 0.15) is 12.8 Å². The molecule has 0 aromatic heterocycles. The molecule has 20 heavy (non-hydrogen) atoms. The number of benzene rings is 1. The van der Waals surface area contributed by atoms with Crippen LogP contribution in [-0.4, -0.2) is 50.8 Å². The lowest BCUT2D eigenvalue weighted by Gasteiger charge is -2.31. The fraction of sp³-hybridized carbons (Fsp3) is 0.533. The number of carbonyl (C=O) groups is 1. The van der Waals surface area contributed by atoms with E-state index in [1.54, 1.807) is 20.3 Å². The molecule has 5 nitrogen and oxygen atoms in total. The van der Waals surface area contributed by atoms with E-state index < -0.39 is 0 Å². The standard InChI is InChI=1S/C15H21NO4/c1-18-12-7-9-16(10-8-12)15(17)11-20-14-6-4-3-5-13(14)19-2/h3-6,12H,7-11H2,1-2H3. The number of methoxy groups -OCH3 is 2. The van der Waals surface area contributed by atoms with Crippen LogP contribution >= 0.6 is 0 Å². The summed E-state index contributed by atoms with van der Waals surface area (Å²) in [5.74, 6) is 1.24. The Bertz CT molecular complexity index is 441. The van der Waals surface area contributed by atoms with Crippen LogP contribution in [0.5, 0.6) is 11.5 Å². The van der Waals surface area contributed by atoms with Gasteiger partial charge in [0, 0.05) is 20.2 Å². The highest BCUT2D eigenvalue weighted by atomic mass is 16.5. The van der Waals surface area contributed by atoms with Gasteiger partial charge in [0.25, 0.3) is 5.91 Å². The van der Waals surface area contributed by atoms with E-state index in [1.165, 1.54) is 0 Å². The average Bonchev–Trinajstić information content (AvgIpc) is 2.53. The summed E-state index contributed by atoms with van der Waals surface area (Å²) in [5.41, 5.74) is 0. The van der Waals surface area contributed by atoms with Crippen molar-refractivity contribution in [2.45, 2.75) is 18.9 Å². The van der Waals surface area contributed by atoms with Crippen LogP contribution in [0.3, 0.4) is 0 Å². The van der Waals surface area contributed by atoms with Crippen LogP contribution in [0.15, 0.2) is 24.3 Å². The van der Waals surface area contributed by atoms with E-state index in [-0.39, 0.29) is 18.6 Å². The minimum absolute atomic E-state index is 0.00505. The maximum atomic E-state index is 12.1. The molecule has 0 bridgehead atoms. The first kappa shape index (κ1) is 14.7. The molecule has 110 valence electrons. The van der Waals surface area contributed by atoms with Crippen LogP contribution in [0.2, 0.25) is 0 Å². The van der Waals surface area contributed by atoms with Crippen LogP contribution in [0.4, 0.5) is 0 Å². The third kappa shape index (κ3) is 3.63.